The van der Waals surface area contributed by atoms with Gasteiger partial charge in [-0.15, -0.1) is 0 Å². The van der Waals surface area contributed by atoms with E-state index in [1.54, 1.807) is 0 Å². The van der Waals surface area contributed by atoms with Crippen molar-refractivity contribution < 1.29 is 0 Å². The van der Waals surface area contributed by atoms with Crippen LogP contribution in [-0.4, -0.2) is 0 Å². The summed E-state index contributed by atoms with van der Waals surface area (Å²) < 4.78 is 0. The molecule has 0 spiro atoms. The van der Waals surface area contributed by atoms with Crippen LogP contribution in [0.4, 0.5) is 0 Å². The Hall–Kier alpha value is -1.30. The van der Waals surface area contributed by atoms with Gasteiger partial charge in [0.1, 0.15) is 0 Å². The van der Waals surface area contributed by atoms with Crippen LogP contribution in [0.1, 0.15) is 19.3 Å². The quantitative estimate of drug-likeness (QED) is 0.487. The molecule has 67 valence electrons. The SMILES string of the molecule is [C]1=CC=CC=CC=CCC=CCC1. The Balaban J connectivity index is 2.50. The second-order valence-electron chi connectivity index (χ2n) is 2.81. The minimum Gasteiger partial charge on any atom is -0.0879 e. The lowest BCUT2D eigenvalue weighted by molar-refractivity contribution is 1.02. The third-order valence-electron chi connectivity index (χ3n) is 1.69. The molecule has 0 nitrogen and oxygen atoms in total. The summed E-state index contributed by atoms with van der Waals surface area (Å²) in [5.41, 5.74) is 0. The lowest BCUT2D eigenvalue weighted by Gasteiger charge is -1.84. The van der Waals surface area contributed by atoms with E-state index in [0.717, 1.165) is 19.3 Å². The van der Waals surface area contributed by atoms with Gasteiger partial charge in [-0.3, -0.25) is 0 Å². The summed E-state index contributed by atoms with van der Waals surface area (Å²) in [6.07, 6.45) is 25.0. The van der Waals surface area contributed by atoms with Gasteiger partial charge in [-0.25, -0.2) is 0 Å². The van der Waals surface area contributed by atoms with E-state index in [2.05, 4.69) is 30.4 Å². The van der Waals surface area contributed by atoms with Crippen LogP contribution in [0.25, 0.3) is 0 Å². The highest BCUT2D eigenvalue weighted by molar-refractivity contribution is 5.15. The van der Waals surface area contributed by atoms with Gasteiger partial charge in [0.2, 0.25) is 0 Å². The number of rotatable bonds is 0. The van der Waals surface area contributed by atoms with Gasteiger partial charge in [-0.1, -0.05) is 54.7 Å². The summed E-state index contributed by atoms with van der Waals surface area (Å²) in [6, 6.07) is 0. The third kappa shape index (κ3) is 5.92. The Bertz CT molecular complexity index is 249. The Morgan fingerprint density at radius 2 is 1.62 bits per heavy atom. The van der Waals surface area contributed by atoms with E-state index in [1.165, 1.54) is 0 Å². The molecule has 0 aromatic rings. The number of hydrogen-bond acceptors (Lipinski definition) is 0. The predicted molar refractivity (Wildman–Crippen MR) is 58.2 cm³/mol. The van der Waals surface area contributed by atoms with Gasteiger partial charge in [0.15, 0.2) is 0 Å². The zero-order chi connectivity index (χ0) is 9.19. The monoisotopic (exact) mass is 171 g/mol. The summed E-state index contributed by atoms with van der Waals surface area (Å²) in [6.45, 7) is 0. The van der Waals surface area contributed by atoms with E-state index in [4.69, 9.17) is 0 Å². The first-order chi connectivity index (χ1) is 6.50. The Morgan fingerprint density at radius 1 is 0.769 bits per heavy atom. The molecule has 0 N–H and O–H groups in total. The van der Waals surface area contributed by atoms with Crippen LogP contribution in [0.3, 0.4) is 0 Å². The maximum Gasteiger partial charge on any atom is -0.0166 e. The van der Waals surface area contributed by atoms with Crippen molar-refractivity contribution in [2.24, 2.45) is 0 Å². The lowest BCUT2D eigenvalue weighted by Crippen LogP contribution is -1.65. The topological polar surface area (TPSA) is 0 Å². The van der Waals surface area contributed by atoms with Crippen molar-refractivity contribution >= 4 is 0 Å². The van der Waals surface area contributed by atoms with Crippen molar-refractivity contribution in [3.63, 3.8) is 0 Å². The minimum atomic E-state index is 1.01. The molecule has 1 aliphatic rings. The summed E-state index contributed by atoms with van der Waals surface area (Å²) in [5, 5.41) is 0. The molecule has 1 radical (unpaired) electrons. The van der Waals surface area contributed by atoms with Gasteiger partial charge in [0.05, 0.1) is 0 Å². The highest BCUT2D eigenvalue weighted by atomic mass is 13.8. The average molecular weight is 171 g/mol. The smallest absolute Gasteiger partial charge is 0.0166 e. The van der Waals surface area contributed by atoms with E-state index < -0.39 is 0 Å². The summed E-state index contributed by atoms with van der Waals surface area (Å²) >= 11 is 0. The van der Waals surface area contributed by atoms with Crippen molar-refractivity contribution in [2.75, 3.05) is 0 Å². The fraction of sp³-hybridized carbons (Fsp3) is 0.231. The van der Waals surface area contributed by atoms with E-state index in [0.29, 0.717) is 0 Å². The van der Waals surface area contributed by atoms with Crippen molar-refractivity contribution in [3.05, 3.63) is 60.8 Å². The van der Waals surface area contributed by atoms with E-state index >= 15 is 0 Å². The minimum absolute atomic E-state index is 1.01. The van der Waals surface area contributed by atoms with Crippen molar-refractivity contribution in [2.45, 2.75) is 19.3 Å². The molecule has 0 aromatic carbocycles. The Labute approximate surface area is 80.7 Å². The second-order valence-corrected chi connectivity index (χ2v) is 2.81. The van der Waals surface area contributed by atoms with Crippen LogP contribution < -0.4 is 0 Å². The summed E-state index contributed by atoms with van der Waals surface area (Å²) in [7, 11) is 0. The van der Waals surface area contributed by atoms with Crippen LogP contribution in [0, 0.1) is 6.08 Å². The molecule has 0 aromatic heterocycles. The van der Waals surface area contributed by atoms with Crippen LogP contribution in [0.2, 0.25) is 0 Å². The fourth-order valence-electron chi connectivity index (χ4n) is 1.02. The molecular formula is C13H15. The van der Waals surface area contributed by atoms with Crippen molar-refractivity contribution in [3.8, 4) is 0 Å². The highest BCUT2D eigenvalue weighted by Crippen LogP contribution is 1.96. The van der Waals surface area contributed by atoms with Crippen molar-refractivity contribution in [1.82, 2.24) is 0 Å². The number of hydrogen-bond donors (Lipinski definition) is 0. The van der Waals surface area contributed by atoms with E-state index in [1.807, 2.05) is 30.4 Å². The summed E-state index contributed by atoms with van der Waals surface area (Å²) in [5.74, 6) is 0. The molecule has 0 saturated carbocycles. The van der Waals surface area contributed by atoms with Gasteiger partial charge in [-0.2, -0.15) is 0 Å². The molecule has 0 saturated heterocycles. The van der Waals surface area contributed by atoms with Crippen LogP contribution in [-0.2, 0) is 0 Å². The summed E-state index contributed by atoms with van der Waals surface area (Å²) in [4.78, 5) is 0. The van der Waals surface area contributed by atoms with Gasteiger partial charge in [0.25, 0.3) is 0 Å². The zero-order valence-electron chi connectivity index (χ0n) is 7.82. The molecule has 0 atom stereocenters. The molecule has 0 heteroatoms. The molecule has 0 aliphatic heterocycles. The van der Waals surface area contributed by atoms with Crippen molar-refractivity contribution in [1.29, 1.82) is 0 Å². The molecule has 0 amide bonds. The molecule has 0 heterocycles. The first-order valence-corrected chi connectivity index (χ1v) is 4.70. The van der Waals surface area contributed by atoms with Gasteiger partial charge in [0, 0.05) is 0 Å². The van der Waals surface area contributed by atoms with E-state index in [-0.39, 0.29) is 0 Å². The molecule has 0 bridgehead atoms. The van der Waals surface area contributed by atoms with Crippen LogP contribution in [0.15, 0.2) is 54.7 Å². The highest BCUT2D eigenvalue weighted by Gasteiger charge is 1.76. The Morgan fingerprint density at radius 3 is 2.62 bits per heavy atom. The molecule has 13 heavy (non-hydrogen) atoms. The third-order valence-corrected chi connectivity index (χ3v) is 1.69. The maximum atomic E-state index is 3.21. The standard InChI is InChI=1S/C13H15/c1-2-4-6-8-10-12-13-11-9-7-5-3-1/h1-7,10,12H,8,11,13H2. The van der Waals surface area contributed by atoms with Crippen LogP contribution in [0.5, 0.6) is 0 Å². The molecule has 1 aliphatic carbocycles. The second kappa shape index (κ2) is 7.35. The number of allylic oxidation sites excluding steroid dienone is 10. The maximum absolute atomic E-state index is 3.21. The first-order valence-electron chi connectivity index (χ1n) is 4.70. The predicted octanol–water partition coefficient (Wildman–Crippen LogP) is 3.75. The van der Waals surface area contributed by atoms with E-state index in [9.17, 15) is 0 Å². The normalized spacial score (nSPS) is 17.8. The first kappa shape index (κ1) is 9.79. The van der Waals surface area contributed by atoms with Gasteiger partial charge in [-0.05, 0) is 25.3 Å². The van der Waals surface area contributed by atoms with Crippen LogP contribution >= 0.6 is 0 Å². The largest absolute Gasteiger partial charge is 0.0879 e. The fourth-order valence-corrected chi connectivity index (χ4v) is 1.02. The molecule has 0 unspecified atom stereocenters. The Kier molecular flexibility index (Phi) is 5.54. The molecule has 1 rings (SSSR count). The molecule has 0 fully saturated rings. The lowest BCUT2D eigenvalue weighted by atomic mass is 10.2. The average Bonchev–Trinajstić information content (AvgIpc) is 2.18. The van der Waals surface area contributed by atoms with Gasteiger partial charge >= 0.3 is 0 Å². The van der Waals surface area contributed by atoms with Gasteiger partial charge < -0.3 is 0 Å². The molecular weight excluding hydrogens is 156 g/mol. The zero-order valence-corrected chi connectivity index (χ0v) is 7.82.